The number of amides is 4. The first-order valence-corrected chi connectivity index (χ1v) is 10.3. The van der Waals surface area contributed by atoms with Crippen LogP contribution in [0.5, 0.6) is 0 Å². The number of carbonyl (C=O) groups excluding carboxylic acids is 4. The van der Waals surface area contributed by atoms with Crippen molar-refractivity contribution in [2.24, 2.45) is 0 Å². The summed E-state index contributed by atoms with van der Waals surface area (Å²) in [5.41, 5.74) is -0.890. The van der Waals surface area contributed by atoms with Gasteiger partial charge in [0.05, 0.1) is 16.7 Å². The van der Waals surface area contributed by atoms with E-state index in [-0.39, 0.29) is 30.5 Å². The smallest absolute Gasteiger partial charge is 0.262 e. The highest BCUT2D eigenvalue weighted by atomic mass is 19.1. The third-order valence-corrected chi connectivity index (χ3v) is 7.04. The van der Waals surface area contributed by atoms with Crippen LogP contribution < -0.4 is 16.0 Å². The van der Waals surface area contributed by atoms with Crippen LogP contribution in [0.3, 0.4) is 0 Å². The molecule has 3 N–H and O–H groups in total. The van der Waals surface area contributed by atoms with Gasteiger partial charge in [-0.25, -0.2) is 4.39 Å². The molecule has 3 fully saturated rings. The van der Waals surface area contributed by atoms with Crippen molar-refractivity contribution in [1.82, 2.24) is 20.9 Å². The van der Waals surface area contributed by atoms with Crippen LogP contribution in [0.1, 0.15) is 58.4 Å². The number of nitrogens with zero attached hydrogens (tertiary/aromatic N) is 1. The Balaban J connectivity index is 1.41. The van der Waals surface area contributed by atoms with Gasteiger partial charge in [-0.15, -0.1) is 0 Å². The number of benzene rings is 1. The SMILES string of the molecule is O=C1CCC(N2C(=O)c3cccc(CN[C@@]45CCC[C@]4(F)CNC5)c3C2=O)C(=O)N1. The molecule has 0 aromatic heterocycles. The topological polar surface area (TPSA) is 108 Å². The summed E-state index contributed by atoms with van der Waals surface area (Å²) in [4.78, 5) is 50.7. The molecule has 1 saturated carbocycles. The summed E-state index contributed by atoms with van der Waals surface area (Å²) in [6.45, 7) is 1.08. The number of hydrogen-bond donors (Lipinski definition) is 3. The molecule has 3 atom stereocenters. The van der Waals surface area contributed by atoms with Crippen LogP contribution in [-0.2, 0) is 16.1 Å². The van der Waals surface area contributed by atoms with Crippen molar-refractivity contribution in [3.63, 3.8) is 0 Å². The van der Waals surface area contributed by atoms with E-state index in [1.54, 1.807) is 18.2 Å². The van der Waals surface area contributed by atoms with Crippen molar-refractivity contribution < 1.29 is 23.6 Å². The van der Waals surface area contributed by atoms with Gasteiger partial charge in [0, 0.05) is 26.1 Å². The Bertz CT molecular complexity index is 968. The number of hydrogen-bond acceptors (Lipinski definition) is 6. The van der Waals surface area contributed by atoms with Crippen LogP contribution in [0.25, 0.3) is 0 Å². The zero-order valence-corrected chi connectivity index (χ0v) is 16.4. The fourth-order valence-corrected chi connectivity index (χ4v) is 5.42. The first-order chi connectivity index (χ1) is 14.4. The molecule has 3 heterocycles. The van der Waals surface area contributed by atoms with Gasteiger partial charge in [-0.2, -0.15) is 0 Å². The molecule has 0 bridgehead atoms. The van der Waals surface area contributed by atoms with Gasteiger partial charge in [-0.3, -0.25) is 29.4 Å². The van der Waals surface area contributed by atoms with Crippen molar-refractivity contribution in [2.75, 3.05) is 13.1 Å². The molecule has 3 aliphatic heterocycles. The van der Waals surface area contributed by atoms with E-state index in [1.807, 2.05) is 0 Å². The molecule has 1 aromatic carbocycles. The first kappa shape index (κ1) is 19.3. The Kier molecular flexibility index (Phi) is 4.30. The van der Waals surface area contributed by atoms with E-state index in [0.29, 0.717) is 31.5 Å². The zero-order valence-electron chi connectivity index (χ0n) is 16.4. The van der Waals surface area contributed by atoms with Crippen molar-refractivity contribution in [3.05, 3.63) is 34.9 Å². The lowest BCUT2D eigenvalue weighted by Gasteiger charge is -2.34. The molecule has 1 aliphatic carbocycles. The van der Waals surface area contributed by atoms with E-state index in [1.165, 1.54) is 0 Å². The van der Waals surface area contributed by atoms with E-state index in [2.05, 4.69) is 16.0 Å². The Morgan fingerprint density at radius 1 is 1.13 bits per heavy atom. The minimum atomic E-state index is -1.32. The fraction of sp³-hybridized carbons (Fsp3) is 0.524. The average molecular weight is 414 g/mol. The third kappa shape index (κ3) is 2.65. The van der Waals surface area contributed by atoms with Crippen molar-refractivity contribution >= 4 is 23.6 Å². The molecule has 4 aliphatic rings. The van der Waals surface area contributed by atoms with Crippen LogP contribution in [0.2, 0.25) is 0 Å². The molecule has 8 nitrogen and oxygen atoms in total. The predicted octanol–water partition coefficient (Wildman–Crippen LogP) is 0.412. The van der Waals surface area contributed by atoms with Gasteiger partial charge in [0.1, 0.15) is 11.7 Å². The van der Waals surface area contributed by atoms with Crippen molar-refractivity contribution in [3.8, 4) is 0 Å². The van der Waals surface area contributed by atoms with Gasteiger partial charge >= 0.3 is 0 Å². The maximum Gasteiger partial charge on any atom is 0.262 e. The summed E-state index contributed by atoms with van der Waals surface area (Å²) in [7, 11) is 0. The number of alkyl halides is 1. The first-order valence-electron chi connectivity index (χ1n) is 10.3. The molecule has 5 rings (SSSR count). The van der Waals surface area contributed by atoms with Gasteiger partial charge in [0.25, 0.3) is 11.8 Å². The standard InChI is InChI=1S/C21H23FN4O4/c22-20-7-2-8-21(20,11-23-10-20)24-9-12-3-1-4-13-16(12)19(30)26(18(13)29)14-5-6-15(27)25-17(14)28/h1,3-4,14,23-24H,2,5-11H2,(H,25,27,28)/t14?,20-,21+/m0/s1. The molecule has 0 radical (unpaired) electrons. The number of carbonyl (C=O) groups is 4. The molecule has 158 valence electrons. The summed E-state index contributed by atoms with van der Waals surface area (Å²) < 4.78 is 15.3. The monoisotopic (exact) mass is 414 g/mol. The molecule has 2 saturated heterocycles. The van der Waals surface area contributed by atoms with Gasteiger partial charge in [-0.1, -0.05) is 12.1 Å². The summed E-state index contributed by atoms with van der Waals surface area (Å²) in [6.07, 6.45) is 2.20. The summed E-state index contributed by atoms with van der Waals surface area (Å²) in [6, 6.07) is 4.01. The quantitative estimate of drug-likeness (QED) is 0.616. The summed E-state index contributed by atoms with van der Waals surface area (Å²) in [5, 5.41) is 8.67. The minimum absolute atomic E-state index is 0.0757. The summed E-state index contributed by atoms with van der Waals surface area (Å²) in [5.74, 6) is -2.12. The number of nitrogens with one attached hydrogen (secondary N) is 3. The molecule has 9 heteroatoms. The van der Waals surface area contributed by atoms with Crippen molar-refractivity contribution in [2.45, 2.75) is 55.9 Å². The van der Waals surface area contributed by atoms with Crippen LogP contribution in [-0.4, -0.2) is 58.9 Å². The molecular weight excluding hydrogens is 391 g/mol. The maximum absolute atomic E-state index is 15.3. The largest absolute Gasteiger partial charge is 0.312 e. The number of imide groups is 2. The maximum atomic E-state index is 15.3. The number of fused-ring (bicyclic) bond motifs is 2. The van der Waals surface area contributed by atoms with Gasteiger partial charge in [0.2, 0.25) is 11.8 Å². The Hall–Kier alpha value is -2.65. The van der Waals surface area contributed by atoms with Crippen LogP contribution in [0.4, 0.5) is 4.39 Å². The molecule has 1 unspecified atom stereocenters. The van der Waals surface area contributed by atoms with Gasteiger partial charge in [-0.05, 0) is 37.3 Å². The van der Waals surface area contributed by atoms with E-state index in [9.17, 15) is 19.2 Å². The number of rotatable bonds is 4. The molecule has 4 amide bonds. The Morgan fingerprint density at radius 2 is 1.97 bits per heavy atom. The Labute approximate surface area is 172 Å². The van der Waals surface area contributed by atoms with Crippen LogP contribution in [0, 0.1) is 0 Å². The van der Waals surface area contributed by atoms with Gasteiger partial charge < -0.3 is 10.6 Å². The normalized spacial score (nSPS) is 33.1. The fourth-order valence-electron chi connectivity index (χ4n) is 5.42. The van der Waals surface area contributed by atoms with E-state index < -0.39 is 40.9 Å². The Morgan fingerprint density at radius 3 is 2.77 bits per heavy atom. The van der Waals surface area contributed by atoms with Crippen molar-refractivity contribution in [1.29, 1.82) is 0 Å². The lowest BCUT2D eigenvalue weighted by atomic mass is 9.87. The summed E-state index contributed by atoms with van der Waals surface area (Å²) >= 11 is 0. The van der Waals surface area contributed by atoms with Crippen LogP contribution in [0.15, 0.2) is 18.2 Å². The number of halogens is 1. The number of piperidine rings is 1. The van der Waals surface area contributed by atoms with E-state index in [4.69, 9.17) is 0 Å². The van der Waals surface area contributed by atoms with E-state index >= 15 is 4.39 Å². The molecule has 0 spiro atoms. The van der Waals surface area contributed by atoms with Gasteiger partial charge in [0.15, 0.2) is 0 Å². The average Bonchev–Trinajstić information content (AvgIpc) is 3.28. The van der Waals surface area contributed by atoms with Crippen LogP contribution >= 0.6 is 0 Å². The minimum Gasteiger partial charge on any atom is -0.312 e. The molecule has 30 heavy (non-hydrogen) atoms. The lowest BCUT2D eigenvalue weighted by Crippen LogP contribution is -2.56. The van der Waals surface area contributed by atoms with E-state index in [0.717, 1.165) is 11.3 Å². The second-order valence-corrected chi connectivity index (χ2v) is 8.64. The zero-order chi connectivity index (χ0) is 21.1. The predicted molar refractivity (Wildman–Crippen MR) is 103 cm³/mol. The highest BCUT2D eigenvalue weighted by Crippen LogP contribution is 2.45. The lowest BCUT2D eigenvalue weighted by molar-refractivity contribution is -0.136. The highest BCUT2D eigenvalue weighted by molar-refractivity contribution is 6.24. The molecular formula is C21H23FN4O4. The molecule has 1 aromatic rings. The highest BCUT2D eigenvalue weighted by Gasteiger charge is 2.58. The second kappa shape index (κ2) is 6.68. The third-order valence-electron chi connectivity index (χ3n) is 7.04. The second-order valence-electron chi connectivity index (χ2n) is 8.64.